The maximum Gasteiger partial charge on any atom is 0.162 e. The van der Waals surface area contributed by atoms with Crippen molar-refractivity contribution in [1.82, 2.24) is 5.16 Å². The average molecular weight is 236 g/mol. The first-order valence-corrected chi connectivity index (χ1v) is 6.17. The van der Waals surface area contributed by atoms with Gasteiger partial charge in [-0.2, -0.15) is 0 Å². The fraction of sp³-hybridized carbons (Fsp3) is 0.615. The molecule has 2 rings (SSSR count). The average Bonchev–Trinajstić information content (AvgIpc) is 2.80. The number of aromatic nitrogens is 1. The van der Waals surface area contributed by atoms with Crippen molar-refractivity contribution in [2.45, 2.75) is 32.9 Å². The van der Waals surface area contributed by atoms with Crippen LogP contribution < -0.4 is 5.73 Å². The second-order valence-electron chi connectivity index (χ2n) is 4.68. The Morgan fingerprint density at radius 3 is 3.00 bits per heavy atom. The molecule has 0 fully saturated rings. The summed E-state index contributed by atoms with van der Waals surface area (Å²) in [6, 6.07) is 1.85. The molecular weight excluding hydrogens is 216 g/mol. The highest BCUT2D eigenvalue weighted by Crippen LogP contribution is 2.25. The monoisotopic (exact) mass is 236 g/mol. The molecule has 0 radical (unpaired) electrons. The van der Waals surface area contributed by atoms with Gasteiger partial charge in [0, 0.05) is 12.6 Å². The summed E-state index contributed by atoms with van der Waals surface area (Å²) in [5, 5.41) is 3.82. The first-order chi connectivity index (χ1) is 8.29. The van der Waals surface area contributed by atoms with Crippen LogP contribution in [0.15, 0.2) is 22.7 Å². The summed E-state index contributed by atoms with van der Waals surface area (Å²) >= 11 is 0. The molecule has 4 heteroatoms. The van der Waals surface area contributed by atoms with Crippen molar-refractivity contribution in [3.8, 4) is 0 Å². The third-order valence-electron chi connectivity index (χ3n) is 3.31. The largest absolute Gasteiger partial charge is 0.373 e. The molecular formula is C13H20N2O2. The SMILES string of the molecule is CC1CC=CCC1COCc1cc(CN)no1. The highest BCUT2D eigenvalue weighted by Gasteiger charge is 2.18. The quantitative estimate of drug-likeness (QED) is 0.796. The van der Waals surface area contributed by atoms with Crippen LogP contribution in [0.3, 0.4) is 0 Å². The van der Waals surface area contributed by atoms with E-state index in [-0.39, 0.29) is 0 Å². The lowest BCUT2D eigenvalue weighted by molar-refractivity contribution is 0.0554. The lowest BCUT2D eigenvalue weighted by atomic mass is 9.85. The van der Waals surface area contributed by atoms with E-state index in [1.807, 2.05) is 6.07 Å². The number of nitrogens with zero attached hydrogens (tertiary/aromatic N) is 1. The topological polar surface area (TPSA) is 61.3 Å². The summed E-state index contributed by atoms with van der Waals surface area (Å²) in [6.07, 6.45) is 6.78. The summed E-state index contributed by atoms with van der Waals surface area (Å²) in [7, 11) is 0. The standard InChI is InChI=1S/C13H20N2O2/c1-10-4-2-3-5-11(10)8-16-9-13-6-12(7-14)15-17-13/h2-3,6,10-11H,4-5,7-9,14H2,1H3. The Morgan fingerprint density at radius 2 is 2.29 bits per heavy atom. The Kier molecular flexibility index (Phi) is 4.34. The Hall–Kier alpha value is -1.13. The van der Waals surface area contributed by atoms with E-state index in [2.05, 4.69) is 24.2 Å². The van der Waals surface area contributed by atoms with Gasteiger partial charge in [-0.15, -0.1) is 0 Å². The van der Waals surface area contributed by atoms with Crippen molar-refractivity contribution in [3.63, 3.8) is 0 Å². The van der Waals surface area contributed by atoms with Crippen molar-refractivity contribution in [3.05, 3.63) is 29.7 Å². The second-order valence-corrected chi connectivity index (χ2v) is 4.68. The molecule has 1 aliphatic carbocycles. The summed E-state index contributed by atoms with van der Waals surface area (Å²) in [5.74, 6) is 2.08. The first-order valence-electron chi connectivity index (χ1n) is 6.17. The lowest BCUT2D eigenvalue weighted by Gasteiger charge is -2.24. The zero-order valence-electron chi connectivity index (χ0n) is 10.3. The van der Waals surface area contributed by atoms with E-state index in [0.29, 0.717) is 25.0 Å². The van der Waals surface area contributed by atoms with Gasteiger partial charge in [-0.25, -0.2) is 0 Å². The van der Waals surface area contributed by atoms with Crippen LogP contribution in [0.5, 0.6) is 0 Å². The molecule has 2 atom stereocenters. The molecule has 0 amide bonds. The van der Waals surface area contributed by atoms with Crippen LogP contribution in [0.1, 0.15) is 31.2 Å². The number of allylic oxidation sites excluding steroid dienone is 2. The summed E-state index contributed by atoms with van der Waals surface area (Å²) in [5.41, 5.74) is 6.23. The second kappa shape index (κ2) is 5.98. The summed E-state index contributed by atoms with van der Waals surface area (Å²) in [4.78, 5) is 0. The Labute approximate surface area is 102 Å². The van der Waals surface area contributed by atoms with Gasteiger partial charge in [-0.3, -0.25) is 0 Å². The third-order valence-corrected chi connectivity index (χ3v) is 3.31. The van der Waals surface area contributed by atoms with E-state index >= 15 is 0 Å². The number of nitrogens with two attached hydrogens (primary N) is 1. The smallest absolute Gasteiger partial charge is 0.162 e. The van der Waals surface area contributed by atoms with Crippen molar-refractivity contribution in [2.75, 3.05) is 6.61 Å². The Balaban J connectivity index is 1.73. The van der Waals surface area contributed by atoms with Crippen LogP contribution in [0, 0.1) is 11.8 Å². The van der Waals surface area contributed by atoms with Gasteiger partial charge in [0.2, 0.25) is 0 Å². The molecule has 0 aromatic carbocycles. The van der Waals surface area contributed by atoms with Gasteiger partial charge in [0.25, 0.3) is 0 Å². The zero-order chi connectivity index (χ0) is 12.1. The van der Waals surface area contributed by atoms with Crippen LogP contribution in [0.25, 0.3) is 0 Å². The van der Waals surface area contributed by atoms with Crippen LogP contribution >= 0.6 is 0 Å². The molecule has 17 heavy (non-hydrogen) atoms. The first kappa shape index (κ1) is 12.3. The van der Waals surface area contributed by atoms with Crippen molar-refractivity contribution in [2.24, 2.45) is 17.6 Å². The minimum atomic E-state index is 0.411. The van der Waals surface area contributed by atoms with Crippen molar-refractivity contribution in [1.29, 1.82) is 0 Å². The molecule has 94 valence electrons. The molecule has 0 spiro atoms. The Morgan fingerprint density at radius 1 is 1.47 bits per heavy atom. The number of hydrogen-bond donors (Lipinski definition) is 1. The fourth-order valence-corrected chi connectivity index (χ4v) is 2.07. The summed E-state index contributed by atoms with van der Waals surface area (Å²) < 4.78 is 10.8. The fourth-order valence-electron chi connectivity index (χ4n) is 2.07. The molecule has 1 aliphatic rings. The molecule has 0 bridgehead atoms. The van der Waals surface area contributed by atoms with Crippen molar-refractivity contribution < 1.29 is 9.26 Å². The Bertz CT molecular complexity index is 373. The molecule has 0 aliphatic heterocycles. The zero-order valence-corrected chi connectivity index (χ0v) is 10.3. The van der Waals surface area contributed by atoms with Gasteiger partial charge in [-0.1, -0.05) is 24.2 Å². The van der Waals surface area contributed by atoms with E-state index in [1.54, 1.807) is 0 Å². The highest BCUT2D eigenvalue weighted by atomic mass is 16.5. The van der Waals surface area contributed by atoms with Gasteiger partial charge in [-0.05, 0) is 24.7 Å². The van der Waals surface area contributed by atoms with Gasteiger partial charge >= 0.3 is 0 Å². The molecule has 2 N–H and O–H groups in total. The van der Waals surface area contributed by atoms with E-state index in [9.17, 15) is 0 Å². The maximum absolute atomic E-state index is 5.68. The predicted octanol–water partition coefficient (Wildman–Crippen LogP) is 2.25. The lowest BCUT2D eigenvalue weighted by Crippen LogP contribution is -2.19. The van der Waals surface area contributed by atoms with Crippen LogP contribution in [-0.4, -0.2) is 11.8 Å². The van der Waals surface area contributed by atoms with E-state index in [4.69, 9.17) is 15.0 Å². The molecule has 4 nitrogen and oxygen atoms in total. The minimum Gasteiger partial charge on any atom is -0.373 e. The maximum atomic E-state index is 5.68. The molecule has 2 unspecified atom stereocenters. The van der Waals surface area contributed by atoms with Crippen LogP contribution in [0.4, 0.5) is 0 Å². The normalized spacial score (nSPS) is 24.1. The van der Waals surface area contributed by atoms with Crippen molar-refractivity contribution >= 4 is 0 Å². The predicted molar refractivity (Wildman–Crippen MR) is 65.1 cm³/mol. The minimum absolute atomic E-state index is 0.411. The number of hydrogen-bond acceptors (Lipinski definition) is 4. The highest BCUT2D eigenvalue weighted by molar-refractivity contribution is 5.03. The van der Waals surface area contributed by atoms with E-state index in [0.717, 1.165) is 30.9 Å². The van der Waals surface area contributed by atoms with Gasteiger partial charge in [0.15, 0.2) is 5.76 Å². The van der Waals surface area contributed by atoms with Gasteiger partial charge in [0.05, 0.1) is 12.3 Å². The molecule has 0 saturated heterocycles. The van der Waals surface area contributed by atoms with Gasteiger partial charge in [0.1, 0.15) is 6.61 Å². The van der Waals surface area contributed by atoms with Gasteiger partial charge < -0.3 is 15.0 Å². The number of rotatable bonds is 5. The molecule has 0 saturated carbocycles. The molecule has 1 aromatic rings. The summed E-state index contributed by atoms with van der Waals surface area (Å²) in [6.45, 7) is 3.95. The van der Waals surface area contributed by atoms with Crippen LogP contribution in [0.2, 0.25) is 0 Å². The van der Waals surface area contributed by atoms with E-state index < -0.39 is 0 Å². The number of ether oxygens (including phenoxy) is 1. The molecule has 1 aromatic heterocycles. The van der Waals surface area contributed by atoms with E-state index in [1.165, 1.54) is 0 Å². The van der Waals surface area contributed by atoms with Crippen LogP contribution in [-0.2, 0) is 17.9 Å². The molecule has 1 heterocycles. The third kappa shape index (κ3) is 3.41.